The molecule has 2 aromatic heterocycles. The molecule has 0 radical (unpaired) electrons. The molecule has 2 heterocycles. The summed E-state index contributed by atoms with van der Waals surface area (Å²) in [5.41, 5.74) is 0.857. The number of benzene rings is 1. The van der Waals surface area contributed by atoms with Crippen molar-refractivity contribution in [2.75, 3.05) is 7.05 Å². The highest BCUT2D eigenvalue weighted by molar-refractivity contribution is 9.10. The lowest BCUT2D eigenvalue weighted by molar-refractivity contribution is 0.0934. The molecule has 0 spiro atoms. The van der Waals surface area contributed by atoms with Gasteiger partial charge in [-0.2, -0.15) is 0 Å². The monoisotopic (exact) mass is 466 g/mol. The summed E-state index contributed by atoms with van der Waals surface area (Å²) in [7, 11) is 1.49. The summed E-state index contributed by atoms with van der Waals surface area (Å²) >= 11 is 3.20. The number of pyridine rings is 1. The summed E-state index contributed by atoms with van der Waals surface area (Å²) in [5, 5.41) is 2.47. The molecule has 0 fully saturated rings. The van der Waals surface area contributed by atoms with E-state index in [4.69, 9.17) is 9.15 Å². The molecule has 9 heteroatoms. The number of aromatic nitrogens is 1. The molecule has 0 saturated heterocycles. The fourth-order valence-electron chi connectivity index (χ4n) is 2.75. The maximum atomic E-state index is 13.9. The molecule has 152 valence electrons. The van der Waals surface area contributed by atoms with Gasteiger partial charge in [0, 0.05) is 36.4 Å². The predicted octanol–water partition coefficient (Wildman–Crippen LogP) is 3.85. The number of H-pyrrole nitrogens is 1. The fourth-order valence-corrected chi connectivity index (χ4v) is 3.20. The zero-order chi connectivity index (χ0) is 21.1. The Kier molecular flexibility index (Phi) is 6.17. The minimum Gasteiger partial charge on any atom is -0.487 e. The number of furan rings is 1. The van der Waals surface area contributed by atoms with Gasteiger partial charge in [-0.05, 0) is 47.1 Å². The van der Waals surface area contributed by atoms with E-state index in [1.54, 1.807) is 19.1 Å². The van der Waals surface area contributed by atoms with Gasteiger partial charge in [-0.1, -0.05) is 0 Å². The van der Waals surface area contributed by atoms with Crippen LogP contribution in [-0.2, 0) is 13.0 Å². The second-order valence-electron chi connectivity index (χ2n) is 6.25. The van der Waals surface area contributed by atoms with Crippen molar-refractivity contribution < 1.29 is 22.7 Å². The average Bonchev–Trinajstić information content (AvgIpc) is 3.15. The number of ether oxygens (including phenoxy) is 1. The third-order valence-electron chi connectivity index (χ3n) is 4.28. The molecular formula is C20H17BrF2N2O4. The van der Waals surface area contributed by atoms with Gasteiger partial charge in [0.05, 0.1) is 0 Å². The van der Waals surface area contributed by atoms with E-state index in [-0.39, 0.29) is 40.5 Å². The van der Waals surface area contributed by atoms with E-state index in [2.05, 4.69) is 26.2 Å². The minimum absolute atomic E-state index is 0.138. The van der Waals surface area contributed by atoms with Crippen LogP contribution in [0.25, 0.3) is 0 Å². The maximum absolute atomic E-state index is 13.9. The SMILES string of the molecule is CNC(=O)c1ccc(Cc2c(C)[nH]c(=O)c(Br)c2OCc2ccc(F)cc2F)o1. The highest BCUT2D eigenvalue weighted by Gasteiger charge is 2.19. The van der Waals surface area contributed by atoms with Gasteiger partial charge in [0.1, 0.15) is 34.2 Å². The van der Waals surface area contributed by atoms with Crippen molar-refractivity contribution in [3.63, 3.8) is 0 Å². The molecule has 0 aliphatic carbocycles. The van der Waals surface area contributed by atoms with Gasteiger partial charge in [0.25, 0.3) is 11.5 Å². The maximum Gasteiger partial charge on any atom is 0.286 e. The van der Waals surface area contributed by atoms with Gasteiger partial charge < -0.3 is 19.5 Å². The van der Waals surface area contributed by atoms with Gasteiger partial charge in [-0.15, -0.1) is 0 Å². The number of aryl methyl sites for hydroxylation is 1. The van der Waals surface area contributed by atoms with Gasteiger partial charge in [-0.25, -0.2) is 8.78 Å². The highest BCUT2D eigenvalue weighted by atomic mass is 79.9. The van der Waals surface area contributed by atoms with Gasteiger partial charge in [0.2, 0.25) is 0 Å². The largest absolute Gasteiger partial charge is 0.487 e. The van der Waals surface area contributed by atoms with Crippen LogP contribution >= 0.6 is 15.9 Å². The van der Waals surface area contributed by atoms with Crippen molar-refractivity contribution in [3.8, 4) is 5.75 Å². The van der Waals surface area contributed by atoms with Crippen LogP contribution in [0.1, 0.15) is 33.1 Å². The Morgan fingerprint density at radius 1 is 1.28 bits per heavy atom. The first-order valence-corrected chi connectivity index (χ1v) is 9.38. The van der Waals surface area contributed by atoms with Crippen LogP contribution in [-0.4, -0.2) is 17.9 Å². The summed E-state index contributed by atoms with van der Waals surface area (Å²) in [4.78, 5) is 26.5. The number of hydrogen-bond acceptors (Lipinski definition) is 4. The van der Waals surface area contributed by atoms with E-state index < -0.39 is 17.2 Å². The summed E-state index contributed by atoms with van der Waals surface area (Å²) in [6.07, 6.45) is 0.222. The quantitative estimate of drug-likeness (QED) is 0.577. The van der Waals surface area contributed by atoms with E-state index in [0.717, 1.165) is 12.1 Å². The lowest BCUT2D eigenvalue weighted by Crippen LogP contribution is -2.16. The van der Waals surface area contributed by atoms with Crippen molar-refractivity contribution in [2.45, 2.75) is 20.0 Å². The van der Waals surface area contributed by atoms with E-state index in [1.165, 1.54) is 13.1 Å². The third kappa shape index (κ3) is 4.56. The van der Waals surface area contributed by atoms with Crippen molar-refractivity contribution in [1.29, 1.82) is 0 Å². The standard InChI is InChI=1S/C20H17BrF2N2O4/c1-10-14(8-13-5-6-16(29-13)19(26)24-2)18(17(21)20(27)25-10)28-9-11-3-4-12(22)7-15(11)23/h3-7H,8-9H2,1-2H3,(H,24,26)(H,25,27). The van der Waals surface area contributed by atoms with Gasteiger partial charge in [0.15, 0.2) is 5.76 Å². The molecular weight excluding hydrogens is 450 g/mol. The first kappa shape index (κ1) is 20.8. The molecule has 6 nitrogen and oxygen atoms in total. The van der Waals surface area contributed by atoms with Crippen molar-refractivity contribution in [2.24, 2.45) is 0 Å². The van der Waals surface area contributed by atoms with Crippen LogP contribution < -0.4 is 15.6 Å². The number of carbonyl (C=O) groups excluding carboxylic acids is 1. The van der Waals surface area contributed by atoms with Crippen LogP contribution in [0.15, 0.2) is 44.0 Å². The van der Waals surface area contributed by atoms with Crippen LogP contribution in [0, 0.1) is 18.6 Å². The lowest BCUT2D eigenvalue weighted by atomic mass is 10.1. The Bertz CT molecular complexity index is 1120. The molecule has 29 heavy (non-hydrogen) atoms. The first-order valence-electron chi connectivity index (χ1n) is 8.59. The topological polar surface area (TPSA) is 84.3 Å². The number of aromatic amines is 1. The number of carbonyl (C=O) groups is 1. The molecule has 3 rings (SSSR count). The van der Waals surface area contributed by atoms with Crippen molar-refractivity contribution >= 4 is 21.8 Å². The molecule has 1 aromatic carbocycles. The van der Waals surface area contributed by atoms with Crippen LogP contribution in [0.2, 0.25) is 0 Å². The molecule has 0 aliphatic rings. The van der Waals surface area contributed by atoms with Crippen molar-refractivity contribution in [1.82, 2.24) is 10.3 Å². The van der Waals surface area contributed by atoms with Crippen LogP contribution in [0.3, 0.4) is 0 Å². The zero-order valence-electron chi connectivity index (χ0n) is 15.6. The second kappa shape index (κ2) is 8.60. The Labute approximate surface area is 173 Å². The smallest absolute Gasteiger partial charge is 0.286 e. The van der Waals surface area contributed by atoms with E-state index in [0.29, 0.717) is 17.0 Å². The number of rotatable bonds is 6. The van der Waals surface area contributed by atoms with Gasteiger partial charge in [-0.3, -0.25) is 9.59 Å². The molecule has 0 atom stereocenters. The van der Waals surface area contributed by atoms with E-state index >= 15 is 0 Å². The van der Waals surface area contributed by atoms with E-state index in [1.807, 2.05) is 0 Å². The van der Waals surface area contributed by atoms with Crippen LogP contribution in [0.5, 0.6) is 5.75 Å². The summed E-state index contributed by atoms with van der Waals surface area (Å²) in [6, 6.07) is 6.36. The summed E-state index contributed by atoms with van der Waals surface area (Å²) < 4.78 is 38.4. The molecule has 3 aromatic rings. The predicted molar refractivity (Wildman–Crippen MR) is 105 cm³/mol. The Morgan fingerprint density at radius 3 is 2.72 bits per heavy atom. The second-order valence-corrected chi connectivity index (χ2v) is 7.04. The average molecular weight is 467 g/mol. The Hall–Kier alpha value is -2.94. The number of nitrogens with one attached hydrogen (secondary N) is 2. The summed E-state index contributed by atoms with van der Waals surface area (Å²) in [6.45, 7) is 1.49. The first-order chi connectivity index (χ1) is 13.8. The van der Waals surface area contributed by atoms with Crippen LogP contribution in [0.4, 0.5) is 8.78 Å². The molecule has 1 amide bonds. The fraction of sp³-hybridized carbons (Fsp3) is 0.200. The molecule has 0 bridgehead atoms. The normalized spacial score (nSPS) is 10.8. The summed E-state index contributed by atoms with van der Waals surface area (Å²) in [5.74, 6) is -0.954. The van der Waals surface area contributed by atoms with Gasteiger partial charge >= 0.3 is 0 Å². The zero-order valence-corrected chi connectivity index (χ0v) is 17.2. The lowest BCUT2D eigenvalue weighted by Gasteiger charge is -2.15. The number of hydrogen-bond donors (Lipinski definition) is 2. The van der Waals surface area contributed by atoms with E-state index in [9.17, 15) is 18.4 Å². The Balaban J connectivity index is 1.92. The molecule has 0 unspecified atom stereocenters. The molecule has 0 aliphatic heterocycles. The minimum atomic E-state index is -0.745. The van der Waals surface area contributed by atoms with Crippen molar-refractivity contribution in [3.05, 3.63) is 85.1 Å². The highest BCUT2D eigenvalue weighted by Crippen LogP contribution is 2.31. The Morgan fingerprint density at radius 2 is 2.03 bits per heavy atom. The molecule has 2 N–H and O–H groups in total. The number of halogens is 3. The third-order valence-corrected chi connectivity index (χ3v) is 5.00. The number of amides is 1. The molecule has 0 saturated carbocycles.